The Balaban J connectivity index is 1.90. The Kier molecular flexibility index (Phi) is 6.02. The molecule has 0 aromatic carbocycles. The van der Waals surface area contributed by atoms with E-state index in [1.807, 2.05) is 0 Å². The van der Waals surface area contributed by atoms with Crippen molar-refractivity contribution >= 4 is 5.91 Å². The molecule has 1 amide bonds. The summed E-state index contributed by atoms with van der Waals surface area (Å²) >= 11 is 0. The molecule has 0 aliphatic carbocycles. The van der Waals surface area contributed by atoms with Gasteiger partial charge >= 0.3 is 0 Å². The summed E-state index contributed by atoms with van der Waals surface area (Å²) in [6.07, 6.45) is 3.36. The molecule has 5 heteroatoms. The van der Waals surface area contributed by atoms with Gasteiger partial charge in [0, 0.05) is 33.3 Å². The van der Waals surface area contributed by atoms with Crippen molar-refractivity contribution in [3.63, 3.8) is 0 Å². The molecule has 21 heavy (non-hydrogen) atoms. The van der Waals surface area contributed by atoms with E-state index < -0.39 is 0 Å². The van der Waals surface area contributed by atoms with E-state index in [0.29, 0.717) is 5.91 Å². The third kappa shape index (κ3) is 4.41. The van der Waals surface area contributed by atoms with Gasteiger partial charge in [-0.3, -0.25) is 9.69 Å². The van der Waals surface area contributed by atoms with E-state index in [9.17, 15) is 4.79 Å². The summed E-state index contributed by atoms with van der Waals surface area (Å²) in [5.41, 5.74) is 0.0668. The summed E-state index contributed by atoms with van der Waals surface area (Å²) in [5, 5.41) is 3.45. The Morgan fingerprint density at radius 1 is 1.24 bits per heavy atom. The molecule has 0 spiro atoms. The zero-order valence-corrected chi connectivity index (χ0v) is 13.9. The van der Waals surface area contributed by atoms with Crippen molar-refractivity contribution < 1.29 is 9.53 Å². The largest absolute Gasteiger partial charge is 0.383 e. The summed E-state index contributed by atoms with van der Waals surface area (Å²) in [5.74, 6) is 0.299. The third-order valence-corrected chi connectivity index (χ3v) is 4.89. The maximum Gasteiger partial charge on any atom is 0.240 e. The fourth-order valence-electron chi connectivity index (χ4n) is 3.45. The minimum absolute atomic E-state index is 0.0169. The van der Waals surface area contributed by atoms with E-state index in [0.717, 1.165) is 58.7 Å². The topological polar surface area (TPSA) is 44.8 Å². The van der Waals surface area contributed by atoms with E-state index in [1.165, 1.54) is 6.42 Å². The highest BCUT2D eigenvalue weighted by atomic mass is 16.5. The smallest absolute Gasteiger partial charge is 0.240 e. The highest BCUT2D eigenvalue weighted by Gasteiger charge is 2.39. The number of ether oxygens (including phenoxy) is 1. The highest BCUT2D eigenvalue weighted by molar-refractivity contribution is 5.83. The van der Waals surface area contributed by atoms with Crippen LogP contribution in [0.25, 0.3) is 0 Å². The lowest BCUT2D eigenvalue weighted by Gasteiger charge is -2.40. The molecule has 1 N–H and O–H groups in total. The number of carbonyl (C=O) groups is 1. The lowest BCUT2D eigenvalue weighted by Crippen LogP contribution is -2.57. The first-order chi connectivity index (χ1) is 10.0. The van der Waals surface area contributed by atoms with Crippen LogP contribution in [-0.2, 0) is 9.53 Å². The maximum absolute atomic E-state index is 12.9. The number of methoxy groups -OCH3 is 1. The number of hydrogen-bond acceptors (Lipinski definition) is 4. The molecule has 1 atom stereocenters. The SMILES string of the molecule is COCCN1CCCN(C(=O)C2NCCCC2(C)C)CC1. The summed E-state index contributed by atoms with van der Waals surface area (Å²) in [6.45, 7) is 10.9. The molecular formula is C16H31N3O2. The quantitative estimate of drug-likeness (QED) is 0.839. The zero-order chi connectivity index (χ0) is 15.3. The lowest BCUT2D eigenvalue weighted by molar-refractivity contribution is -0.137. The van der Waals surface area contributed by atoms with Gasteiger partial charge in [-0.05, 0) is 37.8 Å². The molecule has 2 aliphatic rings. The van der Waals surface area contributed by atoms with Crippen molar-refractivity contribution in [3.8, 4) is 0 Å². The van der Waals surface area contributed by atoms with Gasteiger partial charge in [-0.1, -0.05) is 13.8 Å². The number of rotatable bonds is 4. The Morgan fingerprint density at radius 3 is 2.76 bits per heavy atom. The predicted molar refractivity (Wildman–Crippen MR) is 84.3 cm³/mol. The van der Waals surface area contributed by atoms with Gasteiger partial charge in [-0.15, -0.1) is 0 Å². The zero-order valence-electron chi connectivity index (χ0n) is 13.9. The first-order valence-corrected chi connectivity index (χ1v) is 8.28. The Labute approximate surface area is 129 Å². The van der Waals surface area contributed by atoms with Gasteiger partial charge in [-0.25, -0.2) is 0 Å². The molecular weight excluding hydrogens is 266 g/mol. The molecule has 5 nitrogen and oxygen atoms in total. The van der Waals surface area contributed by atoms with E-state index in [2.05, 4.69) is 29.0 Å². The van der Waals surface area contributed by atoms with Crippen molar-refractivity contribution in [2.45, 2.75) is 39.2 Å². The minimum atomic E-state index is -0.0169. The first kappa shape index (κ1) is 16.7. The van der Waals surface area contributed by atoms with Gasteiger partial charge in [-0.2, -0.15) is 0 Å². The van der Waals surface area contributed by atoms with E-state index in [1.54, 1.807) is 7.11 Å². The number of nitrogens with one attached hydrogen (secondary N) is 1. The molecule has 0 saturated carbocycles. The molecule has 2 saturated heterocycles. The van der Waals surface area contributed by atoms with Gasteiger partial charge in [0.05, 0.1) is 12.6 Å². The third-order valence-electron chi connectivity index (χ3n) is 4.89. The monoisotopic (exact) mass is 297 g/mol. The molecule has 0 aromatic rings. The second-order valence-corrected chi connectivity index (χ2v) is 6.99. The Bertz CT molecular complexity index is 346. The van der Waals surface area contributed by atoms with Crippen molar-refractivity contribution in [1.29, 1.82) is 0 Å². The van der Waals surface area contributed by atoms with Gasteiger partial charge in [0.2, 0.25) is 5.91 Å². The first-order valence-electron chi connectivity index (χ1n) is 8.28. The van der Waals surface area contributed by atoms with Crippen molar-refractivity contribution in [1.82, 2.24) is 15.1 Å². The molecule has 2 rings (SSSR count). The average molecular weight is 297 g/mol. The van der Waals surface area contributed by atoms with Crippen LogP contribution in [0.2, 0.25) is 0 Å². The fraction of sp³-hybridized carbons (Fsp3) is 0.938. The molecule has 0 aromatic heterocycles. The van der Waals surface area contributed by atoms with Crippen LogP contribution in [0.15, 0.2) is 0 Å². The van der Waals surface area contributed by atoms with Crippen LogP contribution >= 0.6 is 0 Å². The second-order valence-electron chi connectivity index (χ2n) is 6.99. The Hall–Kier alpha value is -0.650. The van der Waals surface area contributed by atoms with Crippen molar-refractivity contribution in [2.24, 2.45) is 5.41 Å². The van der Waals surface area contributed by atoms with Crippen LogP contribution in [0, 0.1) is 5.41 Å². The van der Waals surface area contributed by atoms with Crippen molar-refractivity contribution in [3.05, 3.63) is 0 Å². The Morgan fingerprint density at radius 2 is 2.05 bits per heavy atom. The number of amides is 1. The van der Waals surface area contributed by atoms with Crippen LogP contribution in [-0.4, -0.2) is 74.7 Å². The van der Waals surface area contributed by atoms with Gasteiger partial charge in [0.15, 0.2) is 0 Å². The van der Waals surface area contributed by atoms with Gasteiger partial charge < -0.3 is 15.0 Å². The summed E-state index contributed by atoms with van der Waals surface area (Å²) < 4.78 is 5.15. The van der Waals surface area contributed by atoms with Crippen molar-refractivity contribution in [2.75, 3.05) is 53.0 Å². The minimum Gasteiger partial charge on any atom is -0.383 e. The predicted octanol–water partition coefficient (Wildman–Crippen LogP) is 0.945. The number of piperidine rings is 1. The number of hydrogen-bond donors (Lipinski definition) is 1. The standard InChI is InChI=1S/C16H31N3O2/c1-16(2)6-4-7-17-14(16)15(20)19-9-5-8-18(10-11-19)12-13-21-3/h14,17H,4-13H2,1-3H3. The molecule has 0 bridgehead atoms. The molecule has 2 aliphatic heterocycles. The molecule has 0 radical (unpaired) electrons. The lowest BCUT2D eigenvalue weighted by atomic mass is 9.77. The maximum atomic E-state index is 12.9. The summed E-state index contributed by atoms with van der Waals surface area (Å²) in [6, 6.07) is -0.0169. The van der Waals surface area contributed by atoms with Crippen LogP contribution < -0.4 is 5.32 Å². The number of nitrogens with zero attached hydrogens (tertiary/aromatic N) is 2. The molecule has 2 fully saturated rings. The highest BCUT2D eigenvalue weighted by Crippen LogP contribution is 2.31. The van der Waals surface area contributed by atoms with Gasteiger partial charge in [0.25, 0.3) is 0 Å². The van der Waals surface area contributed by atoms with Crippen LogP contribution in [0.1, 0.15) is 33.1 Å². The number of carbonyl (C=O) groups excluding carboxylic acids is 1. The second kappa shape index (κ2) is 7.56. The van der Waals surface area contributed by atoms with Crippen LogP contribution in [0.5, 0.6) is 0 Å². The van der Waals surface area contributed by atoms with E-state index in [-0.39, 0.29) is 11.5 Å². The molecule has 2 heterocycles. The van der Waals surface area contributed by atoms with Crippen LogP contribution in [0.3, 0.4) is 0 Å². The summed E-state index contributed by atoms with van der Waals surface area (Å²) in [7, 11) is 1.74. The average Bonchev–Trinajstić information content (AvgIpc) is 2.69. The van der Waals surface area contributed by atoms with E-state index >= 15 is 0 Å². The van der Waals surface area contributed by atoms with E-state index in [4.69, 9.17) is 4.74 Å². The summed E-state index contributed by atoms with van der Waals surface area (Å²) in [4.78, 5) is 17.3. The van der Waals surface area contributed by atoms with Gasteiger partial charge in [0.1, 0.15) is 0 Å². The fourth-order valence-corrected chi connectivity index (χ4v) is 3.45. The molecule has 122 valence electrons. The normalized spacial score (nSPS) is 27.4. The van der Waals surface area contributed by atoms with Crippen LogP contribution in [0.4, 0.5) is 0 Å². The molecule has 1 unspecified atom stereocenters.